The van der Waals surface area contributed by atoms with Gasteiger partial charge in [-0.3, -0.25) is 0 Å². The second-order valence-corrected chi connectivity index (χ2v) is 4.96. The molecule has 4 nitrogen and oxygen atoms in total. The molecule has 0 atom stereocenters. The van der Waals surface area contributed by atoms with E-state index in [2.05, 4.69) is 16.7 Å². The molecule has 3 N–H and O–H groups in total. The molecule has 2 amide bonds. The molecule has 1 aliphatic rings. The molecular weight excluding hydrogens is 252 g/mol. The highest BCUT2D eigenvalue weighted by molar-refractivity contribution is 5.99. The van der Waals surface area contributed by atoms with Gasteiger partial charge in [-0.25, -0.2) is 4.79 Å². The number of urea groups is 1. The highest BCUT2D eigenvalue weighted by Gasteiger charge is 2.11. The fourth-order valence-corrected chi connectivity index (χ4v) is 2.49. The van der Waals surface area contributed by atoms with Crippen molar-refractivity contribution in [1.29, 1.82) is 0 Å². The second-order valence-electron chi connectivity index (χ2n) is 4.96. The minimum atomic E-state index is -0.284. The molecule has 0 heterocycles. The Morgan fingerprint density at radius 3 is 2.35 bits per heavy atom. The highest BCUT2D eigenvalue weighted by atomic mass is 16.3. The second kappa shape index (κ2) is 5.25. The molecule has 0 aliphatic heterocycles. The summed E-state index contributed by atoms with van der Waals surface area (Å²) in [6, 6.07) is 12.1. The molecule has 0 saturated heterocycles. The first-order valence-corrected chi connectivity index (χ1v) is 6.69. The Bertz CT molecular complexity index is 635. The normalized spacial score (nSPS) is 12.8. The summed E-state index contributed by atoms with van der Waals surface area (Å²) in [6.45, 7) is 0. The predicted octanol–water partition coefficient (Wildman–Crippen LogP) is 3.52. The van der Waals surface area contributed by atoms with Crippen LogP contribution in [-0.2, 0) is 12.8 Å². The molecule has 0 fully saturated rings. The summed E-state index contributed by atoms with van der Waals surface area (Å²) in [4.78, 5) is 11.9. The van der Waals surface area contributed by atoms with E-state index in [4.69, 9.17) is 0 Å². The van der Waals surface area contributed by atoms with Crippen molar-refractivity contribution in [3.63, 3.8) is 0 Å². The Kier molecular flexibility index (Phi) is 3.29. The fraction of sp³-hybridized carbons (Fsp3) is 0.188. The monoisotopic (exact) mass is 268 g/mol. The van der Waals surface area contributed by atoms with E-state index in [0.29, 0.717) is 5.69 Å². The number of rotatable bonds is 2. The van der Waals surface area contributed by atoms with Crippen molar-refractivity contribution in [3.8, 4) is 5.75 Å². The predicted molar refractivity (Wildman–Crippen MR) is 79.2 cm³/mol. The van der Waals surface area contributed by atoms with E-state index in [-0.39, 0.29) is 11.8 Å². The molecule has 102 valence electrons. The van der Waals surface area contributed by atoms with Crippen molar-refractivity contribution in [2.24, 2.45) is 0 Å². The average Bonchev–Trinajstić information content (AvgIpc) is 2.89. The van der Waals surface area contributed by atoms with Crippen LogP contribution in [0.1, 0.15) is 17.5 Å². The van der Waals surface area contributed by atoms with E-state index < -0.39 is 0 Å². The molecule has 0 radical (unpaired) electrons. The van der Waals surface area contributed by atoms with E-state index in [1.165, 1.54) is 29.7 Å². The van der Waals surface area contributed by atoms with Gasteiger partial charge in [0.15, 0.2) is 0 Å². The molecule has 0 aromatic heterocycles. The number of hydrogen-bond acceptors (Lipinski definition) is 2. The summed E-state index contributed by atoms with van der Waals surface area (Å²) in [7, 11) is 0. The number of anilines is 2. The van der Waals surface area contributed by atoms with Gasteiger partial charge in [-0.05, 0) is 66.8 Å². The summed E-state index contributed by atoms with van der Waals surface area (Å²) in [5.74, 6) is 0.176. The lowest BCUT2D eigenvalue weighted by Gasteiger charge is -2.09. The number of amides is 2. The Hall–Kier alpha value is -2.49. The number of aromatic hydroxyl groups is 1. The zero-order chi connectivity index (χ0) is 13.9. The molecule has 0 unspecified atom stereocenters. The van der Waals surface area contributed by atoms with E-state index in [1.807, 2.05) is 12.1 Å². The quantitative estimate of drug-likeness (QED) is 0.730. The summed E-state index contributed by atoms with van der Waals surface area (Å²) in [5, 5.41) is 14.7. The van der Waals surface area contributed by atoms with Crippen molar-refractivity contribution in [2.75, 3.05) is 10.6 Å². The van der Waals surface area contributed by atoms with Crippen molar-refractivity contribution in [2.45, 2.75) is 19.3 Å². The van der Waals surface area contributed by atoms with Gasteiger partial charge in [0, 0.05) is 11.4 Å². The SMILES string of the molecule is O=C(Nc1ccc(O)cc1)Nc1ccc2c(c1)CCC2. The lowest BCUT2D eigenvalue weighted by atomic mass is 10.1. The van der Waals surface area contributed by atoms with Gasteiger partial charge < -0.3 is 15.7 Å². The molecule has 0 spiro atoms. The maximum atomic E-state index is 11.9. The van der Waals surface area contributed by atoms with Gasteiger partial charge in [0.05, 0.1) is 0 Å². The lowest BCUT2D eigenvalue weighted by molar-refractivity contribution is 0.262. The van der Waals surface area contributed by atoms with Gasteiger partial charge in [0.25, 0.3) is 0 Å². The number of fused-ring (bicyclic) bond motifs is 1. The van der Waals surface area contributed by atoms with Gasteiger partial charge in [-0.2, -0.15) is 0 Å². The van der Waals surface area contributed by atoms with Crippen molar-refractivity contribution in [3.05, 3.63) is 53.6 Å². The molecule has 0 bridgehead atoms. The number of aryl methyl sites for hydroxylation is 2. The maximum Gasteiger partial charge on any atom is 0.323 e. The van der Waals surface area contributed by atoms with Crippen molar-refractivity contribution in [1.82, 2.24) is 0 Å². The summed E-state index contributed by atoms with van der Waals surface area (Å²) >= 11 is 0. The zero-order valence-electron chi connectivity index (χ0n) is 11.0. The number of phenols is 1. The molecule has 3 rings (SSSR count). The maximum absolute atomic E-state index is 11.9. The molecular formula is C16H16N2O2. The van der Waals surface area contributed by atoms with Crippen molar-refractivity contribution >= 4 is 17.4 Å². The van der Waals surface area contributed by atoms with Gasteiger partial charge in [0.2, 0.25) is 0 Å². The standard InChI is InChI=1S/C16H16N2O2/c19-15-8-6-13(7-9-15)17-16(20)18-14-5-4-11-2-1-3-12(11)10-14/h4-10,19H,1-3H2,(H2,17,18,20). The van der Waals surface area contributed by atoms with Crippen LogP contribution in [0.2, 0.25) is 0 Å². The van der Waals surface area contributed by atoms with E-state index in [9.17, 15) is 9.90 Å². The van der Waals surface area contributed by atoms with E-state index in [1.54, 1.807) is 12.1 Å². The van der Waals surface area contributed by atoms with Gasteiger partial charge in [0.1, 0.15) is 5.75 Å². The van der Waals surface area contributed by atoms with Crippen LogP contribution in [0.15, 0.2) is 42.5 Å². The first-order chi connectivity index (χ1) is 9.70. The molecule has 2 aromatic rings. The van der Waals surface area contributed by atoms with E-state index in [0.717, 1.165) is 18.5 Å². The topological polar surface area (TPSA) is 61.4 Å². The fourth-order valence-electron chi connectivity index (χ4n) is 2.49. The Balaban J connectivity index is 1.65. The van der Waals surface area contributed by atoms with Crippen LogP contribution in [0.3, 0.4) is 0 Å². The Morgan fingerprint density at radius 1 is 0.900 bits per heavy atom. The number of carbonyl (C=O) groups is 1. The minimum absolute atomic E-state index is 0.176. The number of nitrogens with one attached hydrogen (secondary N) is 2. The molecule has 20 heavy (non-hydrogen) atoms. The number of carbonyl (C=O) groups excluding carboxylic acids is 1. The summed E-state index contributed by atoms with van der Waals surface area (Å²) in [5.41, 5.74) is 4.16. The van der Waals surface area contributed by atoms with Gasteiger partial charge >= 0.3 is 6.03 Å². The van der Waals surface area contributed by atoms with Crippen LogP contribution in [-0.4, -0.2) is 11.1 Å². The number of phenolic OH excluding ortho intramolecular Hbond substituents is 1. The lowest BCUT2D eigenvalue weighted by Crippen LogP contribution is -2.19. The summed E-state index contributed by atoms with van der Waals surface area (Å²) < 4.78 is 0. The first kappa shape index (κ1) is 12.5. The van der Waals surface area contributed by atoms with Crippen LogP contribution in [0.4, 0.5) is 16.2 Å². The smallest absolute Gasteiger partial charge is 0.323 e. The van der Waals surface area contributed by atoms with Crippen LogP contribution in [0.25, 0.3) is 0 Å². The third-order valence-electron chi connectivity index (χ3n) is 3.48. The van der Waals surface area contributed by atoms with Gasteiger partial charge in [-0.15, -0.1) is 0 Å². The molecule has 1 aliphatic carbocycles. The average molecular weight is 268 g/mol. The third kappa shape index (κ3) is 2.74. The Morgan fingerprint density at radius 2 is 1.55 bits per heavy atom. The summed E-state index contributed by atoms with van der Waals surface area (Å²) in [6.07, 6.45) is 3.41. The third-order valence-corrected chi connectivity index (χ3v) is 3.48. The first-order valence-electron chi connectivity index (χ1n) is 6.69. The van der Waals surface area contributed by atoms with Crippen LogP contribution >= 0.6 is 0 Å². The molecule has 0 saturated carbocycles. The minimum Gasteiger partial charge on any atom is -0.508 e. The molecule has 4 heteroatoms. The zero-order valence-corrected chi connectivity index (χ0v) is 11.0. The van der Waals surface area contributed by atoms with Gasteiger partial charge in [-0.1, -0.05) is 6.07 Å². The van der Waals surface area contributed by atoms with Crippen LogP contribution in [0, 0.1) is 0 Å². The number of benzene rings is 2. The number of hydrogen-bond donors (Lipinski definition) is 3. The van der Waals surface area contributed by atoms with E-state index >= 15 is 0 Å². The van der Waals surface area contributed by atoms with Crippen molar-refractivity contribution < 1.29 is 9.90 Å². The molecule has 2 aromatic carbocycles. The largest absolute Gasteiger partial charge is 0.508 e. The van der Waals surface area contributed by atoms with Crippen LogP contribution < -0.4 is 10.6 Å². The highest BCUT2D eigenvalue weighted by Crippen LogP contribution is 2.25. The van der Waals surface area contributed by atoms with Crippen LogP contribution in [0.5, 0.6) is 5.75 Å². The Labute approximate surface area is 117 Å².